The van der Waals surface area contributed by atoms with E-state index in [1.807, 2.05) is 0 Å². The Morgan fingerprint density at radius 1 is 1.05 bits per heavy atom. The molecule has 0 aliphatic carbocycles. The minimum atomic E-state index is -4.66. The lowest BCUT2D eigenvalue weighted by atomic mass is 10.0. The van der Waals surface area contributed by atoms with Crippen molar-refractivity contribution < 1.29 is 60.8 Å². The van der Waals surface area contributed by atoms with Crippen LogP contribution in [-0.4, -0.2) is 45.2 Å². The van der Waals surface area contributed by atoms with Gasteiger partial charge in [-0.2, -0.15) is 17.9 Å². The zero-order valence-electron chi connectivity index (χ0n) is 19.4. The molecule has 0 aromatic heterocycles. The summed E-state index contributed by atoms with van der Waals surface area (Å²) in [5.74, 6) is -0.610. The molecule has 3 rings (SSSR count). The van der Waals surface area contributed by atoms with Crippen molar-refractivity contribution in [2.75, 3.05) is 18.1 Å². The predicted octanol–water partition coefficient (Wildman–Crippen LogP) is 4.57. The average molecular weight is 626 g/mol. The molecule has 0 aliphatic rings. The maximum atomic E-state index is 11.7. The monoisotopic (exact) mass is 625 g/mol. The number of anilines is 1. The van der Waals surface area contributed by atoms with E-state index >= 15 is 0 Å². The lowest BCUT2D eigenvalue weighted by molar-refractivity contribution is -0.435. The maximum absolute atomic E-state index is 11.7. The molecular formula is C19H19N3O13S4. The van der Waals surface area contributed by atoms with Crippen molar-refractivity contribution in [2.45, 2.75) is 21.6 Å². The van der Waals surface area contributed by atoms with Crippen LogP contribution in [0.15, 0.2) is 61.3 Å². The number of hydrogen-bond acceptors (Lipinski definition) is 17. The van der Waals surface area contributed by atoms with Crippen molar-refractivity contribution >= 4 is 73.1 Å². The van der Waals surface area contributed by atoms with Gasteiger partial charge in [0.25, 0.3) is 10.1 Å². The molecule has 6 N–H and O–H groups in total. The Hall–Kier alpha value is -2.44. The molecule has 0 saturated carbocycles. The van der Waals surface area contributed by atoms with Gasteiger partial charge in [-0.15, -0.1) is 13.8 Å². The van der Waals surface area contributed by atoms with Gasteiger partial charge < -0.3 is 10.8 Å². The topological polar surface area (TPSA) is 238 Å². The molecule has 3 aromatic carbocycles. The summed E-state index contributed by atoms with van der Waals surface area (Å²) in [4.78, 5) is 5.02. The molecule has 0 saturated heterocycles. The number of azo groups is 1. The first kappa shape index (κ1) is 31.1. The minimum Gasteiger partial charge on any atom is -0.507 e. The molecule has 0 spiro atoms. The van der Waals surface area contributed by atoms with Crippen LogP contribution in [0.1, 0.15) is 5.56 Å². The van der Waals surface area contributed by atoms with Crippen LogP contribution in [0.25, 0.3) is 10.8 Å². The van der Waals surface area contributed by atoms with Crippen molar-refractivity contribution in [2.24, 2.45) is 10.2 Å². The van der Waals surface area contributed by atoms with Crippen LogP contribution < -0.4 is 5.73 Å². The van der Waals surface area contributed by atoms with Gasteiger partial charge in [0.15, 0.2) is 11.1 Å². The van der Waals surface area contributed by atoms with E-state index in [-0.39, 0.29) is 45.0 Å². The summed E-state index contributed by atoms with van der Waals surface area (Å²) in [6.07, 6.45) is 0. The molecule has 0 amide bonds. The van der Waals surface area contributed by atoms with Crippen molar-refractivity contribution in [1.82, 2.24) is 0 Å². The van der Waals surface area contributed by atoms with Gasteiger partial charge in [0.1, 0.15) is 16.3 Å². The van der Waals surface area contributed by atoms with E-state index < -0.39 is 31.8 Å². The third kappa shape index (κ3) is 8.28. The molecule has 39 heavy (non-hydrogen) atoms. The lowest BCUT2D eigenvalue weighted by Gasteiger charge is -2.14. The van der Waals surface area contributed by atoms with Crippen LogP contribution in [0.2, 0.25) is 0 Å². The van der Waals surface area contributed by atoms with E-state index in [4.69, 9.17) is 25.5 Å². The van der Waals surface area contributed by atoms with Gasteiger partial charge in [-0.1, -0.05) is 10.1 Å². The summed E-state index contributed by atoms with van der Waals surface area (Å²) >= 11 is -0.581. The van der Waals surface area contributed by atoms with Crippen molar-refractivity contribution in [3.8, 4) is 5.75 Å². The summed E-state index contributed by atoms with van der Waals surface area (Å²) in [5, 5.41) is 42.5. The summed E-state index contributed by atoms with van der Waals surface area (Å²) in [6, 6.07) is 8.85. The Balaban J connectivity index is 1.82. The fourth-order valence-corrected chi connectivity index (χ4v) is 5.10. The molecule has 0 radical (unpaired) electrons. The molecule has 0 bridgehead atoms. The number of nitrogen functional groups attached to an aromatic ring is 1. The lowest BCUT2D eigenvalue weighted by Crippen LogP contribution is -2.07. The Morgan fingerprint density at radius 3 is 2.41 bits per heavy atom. The third-order valence-electron chi connectivity index (χ3n) is 4.73. The molecule has 1 unspecified atom stereocenters. The molecular weight excluding hydrogens is 606 g/mol. The fraction of sp³-hybridized carbons (Fsp3) is 0.158. The largest absolute Gasteiger partial charge is 0.507 e. The number of phenols is 1. The van der Waals surface area contributed by atoms with E-state index in [2.05, 4.69) is 29.0 Å². The SMILES string of the molecule is Cc1c(S(=O)(=O)O)cc2cc(SOOO)c(N=Nc3ccc(SOOCCS(=O)OOO)cc3)c(N)c2c1O. The second kappa shape index (κ2) is 14.3. The highest BCUT2D eigenvalue weighted by molar-refractivity contribution is 7.95. The quantitative estimate of drug-likeness (QED) is 0.0313. The smallest absolute Gasteiger partial charge is 0.294 e. The normalized spacial score (nSPS) is 12.9. The van der Waals surface area contributed by atoms with Crippen LogP contribution in [0.3, 0.4) is 0 Å². The number of nitrogens with zero attached hydrogens (tertiary/aromatic N) is 2. The first-order valence-electron chi connectivity index (χ1n) is 10.1. The summed E-state index contributed by atoms with van der Waals surface area (Å²) < 4.78 is 57.4. The van der Waals surface area contributed by atoms with Crippen molar-refractivity contribution in [3.63, 3.8) is 0 Å². The molecule has 0 fully saturated rings. The van der Waals surface area contributed by atoms with E-state index in [0.29, 0.717) is 22.6 Å². The van der Waals surface area contributed by atoms with Gasteiger partial charge in [0, 0.05) is 15.8 Å². The molecule has 212 valence electrons. The molecule has 0 heterocycles. The standard InChI is InChI=1S/C19H19N3O13S4/c1-10-15(39(27,28)29)9-11-8-14(37-34-31-24)18(17(20)16(11)19(10)23)22-21-12-2-4-13(5-3-12)36-33-30-6-7-38(26)35-32-25/h2-5,8-9,23-25H,6-7,20H2,1H3,(H,27,28,29). The first-order valence-corrected chi connectivity index (χ1v) is 14.3. The Labute approximate surface area is 231 Å². The Morgan fingerprint density at radius 2 is 1.77 bits per heavy atom. The minimum absolute atomic E-state index is 0.00186. The maximum Gasteiger partial charge on any atom is 0.294 e. The van der Waals surface area contributed by atoms with Crippen LogP contribution in [0, 0.1) is 6.92 Å². The van der Waals surface area contributed by atoms with Gasteiger partial charge in [-0.3, -0.25) is 4.55 Å². The highest BCUT2D eigenvalue weighted by atomic mass is 32.2. The summed E-state index contributed by atoms with van der Waals surface area (Å²) in [5.41, 5.74) is 6.39. The van der Waals surface area contributed by atoms with E-state index in [1.165, 1.54) is 13.0 Å². The number of fused-ring (bicyclic) bond motifs is 1. The first-order chi connectivity index (χ1) is 18.6. The highest BCUT2D eigenvalue weighted by Gasteiger charge is 2.23. The average Bonchev–Trinajstić information content (AvgIpc) is 2.89. The second-order valence-corrected chi connectivity index (χ2v) is 11.2. The van der Waals surface area contributed by atoms with Crippen LogP contribution >= 0.6 is 24.1 Å². The van der Waals surface area contributed by atoms with Gasteiger partial charge >= 0.3 is 0 Å². The molecule has 1 atom stereocenters. The predicted molar refractivity (Wildman–Crippen MR) is 137 cm³/mol. The van der Waals surface area contributed by atoms with Gasteiger partial charge in [-0.25, -0.2) is 19.6 Å². The molecule has 16 nitrogen and oxygen atoms in total. The number of rotatable bonds is 14. The number of nitrogens with two attached hydrogens (primary N) is 1. The summed E-state index contributed by atoms with van der Waals surface area (Å²) in [7, 11) is -4.66. The Kier molecular flexibility index (Phi) is 11.4. The van der Waals surface area contributed by atoms with E-state index in [1.54, 1.807) is 24.3 Å². The van der Waals surface area contributed by atoms with Crippen molar-refractivity contribution in [1.29, 1.82) is 0 Å². The fourth-order valence-electron chi connectivity index (χ4n) is 3.05. The van der Waals surface area contributed by atoms with Crippen LogP contribution in [0.4, 0.5) is 17.1 Å². The van der Waals surface area contributed by atoms with Crippen molar-refractivity contribution in [3.05, 3.63) is 42.0 Å². The van der Waals surface area contributed by atoms with Gasteiger partial charge in [0.05, 0.1) is 52.7 Å². The second-order valence-electron chi connectivity index (χ2n) is 7.10. The van der Waals surface area contributed by atoms with Crippen LogP contribution in [0.5, 0.6) is 5.75 Å². The zero-order valence-corrected chi connectivity index (χ0v) is 22.7. The van der Waals surface area contributed by atoms with Gasteiger partial charge in [-0.05, 0) is 48.7 Å². The van der Waals surface area contributed by atoms with E-state index in [9.17, 15) is 22.3 Å². The number of aromatic hydroxyl groups is 1. The van der Waals surface area contributed by atoms with Crippen LogP contribution in [-0.2, 0) is 49.2 Å². The summed E-state index contributed by atoms with van der Waals surface area (Å²) in [6.45, 7) is 1.18. The third-order valence-corrected chi connectivity index (χ3v) is 7.67. The number of phenolic OH excluding ortho intramolecular Hbond substituents is 1. The Bertz CT molecular complexity index is 1470. The highest BCUT2D eigenvalue weighted by Crippen LogP contribution is 2.46. The van der Waals surface area contributed by atoms with Gasteiger partial charge in [0.2, 0.25) is 0 Å². The number of benzene rings is 3. The van der Waals surface area contributed by atoms with E-state index in [0.717, 1.165) is 18.1 Å². The molecule has 3 aromatic rings. The molecule has 0 aliphatic heterocycles. The molecule has 20 heteroatoms. The number of hydrogen-bond donors (Lipinski definition) is 5. The zero-order chi connectivity index (χ0) is 28.6.